The number of benzene rings is 2. The second kappa shape index (κ2) is 10.3. The van der Waals surface area contributed by atoms with Crippen LogP contribution in [0.5, 0.6) is 11.5 Å². The summed E-state index contributed by atoms with van der Waals surface area (Å²) in [7, 11) is 0.0942. The Morgan fingerprint density at radius 3 is 2.40 bits per heavy atom. The van der Waals surface area contributed by atoms with Crippen molar-refractivity contribution in [2.75, 3.05) is 44.3 Å². The van der Waals surface area contributed by atoms with Gasteiger partial charge in [-0.1, -0.05) is 0 Å². The van der Waals surface area contributed by atoms with E-state index in [1.807, 2.05) is 35.2 Å². The van der Waals surface area contributed by atoms with E-state index in [-0.39, 0.29) is 18.9 Å². The Hall–Kier alpha value is -3.70. The van der Waals surface area contributed by atoms with Crippen molar-refractivity contribution < 1.29 is 23.0 Å². The normalized spacial score (nSPS) is 11.5. The highest BCUT2D eigenvalue weighted by Crippen LogP contribution is 2.34. The number of sulfone groups is 1. The highest BCUT2D eigenvalue weighted by Gasteiger charge is 2.14. The second-order valence-electron chi connectivity index (χ2n) is 8.00. The van der Waals surface area contributed by atoms with Crippen LogP contribution in [0.1, 0.15) is 0 Å². The fourth-order valence-corrected chi connectivity index (χ4v) is 4.16. The molecule has 0 aliphatic rings. The van der Waals surface area contributed by atoms with Crippen LogP contribution in [0, 0.1) is 0 Å². The van der Waals surface area contributed by atoms with Crippen molar-refractivity contribution in [3.05, 3.63) is 55.0 Å². The Labute approximate surface area is 203 Å². The number of aliphatic hydroxyl groups excluding tert-OH is 1. The van der Waals surface area contributed by atoms with E-state index in [2.05, 4.69) is 10.1 Å². The van der Waals surface area contributed by atoms with Gasteiger partial charge in [0.25, 0.3) is 0 Å². The fourth-order valence-electron chi connectivity index (χ4n) is 3.64. The Balaban J connectivity index is 1.68. The van der Waals surface area contributed by atoms with Crippen LogP contribution in [-0.2, 0) is 16.4 Å². The first kappa shape index (κ1) is 24.4. The average Bonchev–Trinajstić information content (AvgIpc) is 3.34. The van der Waals surface area contributed by atoms with Gasteiger partial charge >= 0.3 is 0 Å². The molecule has 11 heteroatoms. The number of hydrogen-bond donors (Lipinski definition) is 1. The summed E-state index contributed by atoms with van der Waals surface area (Å²) in [5, 5.41) is 14.0. The third-order valence-corrected chi connectivity index (χ3v) is 6.35. The van der Waals surface area contributed by atoms with E-state index in [0.29, 0.717) is 34.8 Å². The van der Waals surface area contributed by atoms with Gasteiger partial charge in [0.1, 0.15) is 21.3 Å². The van der Waals surface area contributed by atoms with Crippen molar-refractivity contribution in [3.8, 4) is 22.8 Å². The van der Waals surface area contributed by atoms with Crippen LogP contribution < -0.4 is 14.4 Å². The molecule has 0 saturated carbocycles. The number of rotatable bonds is 10. The minimum Gasteiger partial charge on any atom is -0.497 e. The lowest BCUT2D eigenvalue weighted by Gasteiger charge is -2.25. The number of anilines is 2. The molecule has 0 saturated heterocycles. The molecular weight excluding hydrogens is 470 g/mol. The number of aromatic nitrogens is 4. The molecule has 0 amide bonds. The molecular formula is C24H27N5O5S. The molecule has 0 aliphatic carbocycles. The van der Waals surface area contributed by atoms with E-state index in [9.17, 15) is 13.5 Å². The van der Waals surface area contributed by atoms with Crippen molar-refractivity contribution in [1.82, 2.24) is 19.7 Å². The third-order valence-electron chi connectivity index (χ3n) is 5.43. The molecule has 4 rings (SSSR count). The Bertz CT molecular complexity index is 1420. The SMILES string of the molecule is COc1cc(OC)cc(N(CCO)c2ccc3ncc(-c4cnn(CCS(C)(=O)=O)c4)nc3c2)c1. The molecule has 2 heterocycles. The maximum absolute atomic E-state index is 11.4. The van der Waals surface area contributed by atoms with Gasteiger partial charge in [0.05, 0.1) is 62.2 Å². The van der Waals surface area contributed by atoms with Crippen LogP contribution in [0.2, 0.25) is 0 Å². The summed E-state index contributed by atoms with van der Waals surface area (Å²) in [6.07, 6.45) is 6.26. The first-order valence-corrected chi connectivity index (χ1v) is 12.9. The van der Waals surface area contributed by atoms with Crippen LogP contribution >= 0.6 is 0 Å². The zero-order chi connectivity index (χ0) is 25.0. The standard InChI is InChI=1S/C24H27N5O5S/c1-33-20-10-19(11-21(13-20)34-2)29(6-8-30)18-4-5-22-23(12-18)27-24(15-25-22)17-14-26-28(16-17)7-9-35(3,31)32/h4-5,10-16,30H,6-9H2,1-3H3. The van der Waals surface area contributed by atoms with Gasteiger partial charge in [0, 0.05) is 54.1 Å². The van der Waals surface area contributed by atoms with E-state index in [4.69, 9.17) is 14.5 Å². The smallest absolute Gasteiger partial charge is 0.149 e. The molecule has 2 aromatic heterocycles. The number of nitrogens with zero attached hydrogens (tertiary/aromatic N) is 5. The zero-order valence-corrected chi connectivity index (χ0v) is 20.6. The lowest BCUT2D eigenvalue weighted by Crippen LogP contribution is -2.21. The van der Waals surface area contributed by atoms with Gasteiger partial charge in [0.2, 0.25) is 0 Å². The van der Waals surface area contributed by atoms with Crippen LogP contribution in [0.15, 0.2) is 55.0 Å². The highest BCUT2D eigenvalue weighted by molar-refractivity contribution is 7.90. The minimum absolute atomic E-state index is 0.0105. The maximum Gasteiger partial charge on any atom is 0.149 e. The largest absolute Gasteiger partial charge is 0.497 e. The molecule has 2 aromatic carbocycles. The van der Waals surface area contributed by atoms with E-state index in [0.717, 1.165) is 16.9 Å². The summed E-state index contributed by atoms with van der Waals surface area (Å²) in [6.45, 7) is 0.558. The molecule has 35 heavy (non-hydrogen) atoms. The molecule has 0 bridgehead atoms. The molecule has 0 aliphatic heterocycles. The molecule has 184 valence electrons. The highest BCUT2D eigenvalue weighted by atomic mass is 32.2. The van der Waals surface area contributed by atoms with E-state index < -0.39 is 9.84 Å². The van der Waals surface area contributed by atoms with Crippen LogP contribution in [0.25, 0.3) is 22.3 Å². The number of methoxy groups -OCH3 is 2. The number of aliphatic hydroxyl groups is 1. The van der Waals surface area contributed by atoms with Gasteiger partial charge in [-0.15, -0.1) is 0 Å². The molecule has 0 spiro atoms. The van der Waals surface area contributed by atoms with Crippen molar-refractivity contribution in [2.45, 2.75) is 6.54 Å². The first-order chi connectivity index (χ1) is 16.8. The first-order valence-electron chi connectivity index (χ1n) is 10.9. The van der Waals surface area contributed by atoms with E-state index in [1.165, 1.54) is 6.26 Å². The monoisotopic (exact) mass is 497 g/mol. The summed E-state index contributed by atoms with van der Waals surface area (Å²) in [6, 6.07) is 11.2. The summed E-state index contributed by atoms with van der Waals surface area (Å²) in [5.74, 6) is 1.28. The fraction of sp³-hybridized carbons (Fsp3) is 0.292. The van der Waals surface area contributed by atoms with Gasteiger partial charge in [-0.05, 0) is 18.2 Å². The Kier molecular flexibility index (Phi) is 7.17. The lowest BCUT2D eigenvalue weighted by molar-refractivity contribution is 0.305. The lowest BCUT2D eigenvalue weighted by atomic mass is 10.2. The minimum atomic E-state index is -3.08. The van der Waals surface area contributed by atoms with Gasteiger partial charge in [-0.2, -0.15) is 5.10 Å². The summed E-state index contributed by atoms with van der Waals surface area (Å²) >= 11 is 0. The van der Waals surface area contributed by atoms with Crippen molar-refractivity contribution in [3.63, 3.8) is 0 Å². The van der Waals surface area contributed by atoms with Gasteiger partial charge in [-0.3, -0.25) is 9.67 Å². The number of hydrogen-bond acceptors (Lipinski definition) is 9. The summed E-state index contributed by atoms with van der Waals surface area (Å²) in [4.78, 5) is 11.2. The number of fused-ring (bicyclic) bond motifs is 1. The van der Waals surface area contributed by atoms with Gasteiger partial charge in [-0.25, -0.2) is 13.4 Å². The zero-order valence-electron chi connectivity index (χ0n) is 19.7. The topological polar surface area (TPSA) is 120 Å². The molecule has 0 atom stereocenters. The van der Waals surface area contributed by atoms with Gasteiger partial charge in [0.15, 0.2) is 0 Å². The molecule has 0 radical (unpaired) electrons. The van der Waals surface area contributed by atoms with E-state index >= 15 is 0 Å². The van der Waals surface area contributed by atoms with Crippen molar-refractivity contribution in [2.24, 2.45) is 0 Å². The quantitative estimate of drug-likeness (QED) is 0.353. The maximum atomic E-state index is 11.4. The van der Waals surface area contributed by atoms with Crippen molar-refractivity contribution >= 4 is 32.2 Å². The molecule has 10 nitrogen and oxygen atoms in total. The molecule has 4 aromatic rings. The predicted octanol–water partition coefficient (Wildman–Crippen LogP) is 2.69. The van der Waals surface area contributed by atoms with Gasteiger partial charge < -0.3 is 19.5 Å². The molecule has 0 unspecified atom stereocenters. The van der Waals surface area contributed by atoms with Crippen LogP contribution in [-0.4, -0.2) is 72.7 Å². The van der Waals surface area contributed by atoms with Crippen LogP contribution in [0.4, 0.5) is 11.4 Å². The number of aryl methyl sites for hydroxylation is 1. The summed E-state index contributed by atoms with van der Waals surface area (Å²) < 4.78 is 35.3. The Morgan fingerprint density at radius 1 is 1.00 bits per heavy atom. The molecule has 0 fully saturated rings. The average molecular weight is 498 g/mol. The van der Waals surface area contributed by atoms with E-state index in [1.54, 1.807) is 43.6 Å². The Morgan fingerprint density at radius 2 is 1.74 bits per heavy atom. The predicted molar refractivity (Wildman–Crippen MR) is 134 cm³/mol. The van der Waals surface area contributed by atoms with Crippen molar-refractivity contribution in [1.29, 1.82) is 0 Å². The number of ether oxygens (including phenoxy) is 2. The third kappa shape index (κ3) is 5.87. The second-order valence-corrected chi connectivity index (χ2v) is 10.3. The van der Waals surface area contributed by atoms with Crippen LogP contribution in [0.3, 0.4) is 0 Å². The summed E-state index contributed by atoms with van der Waals surface area (Å²) in [5.41, 5.74) is 4.36. The molecule has 1 N–H and O–H groups in total.